The number of nitrogens with zero attached hydrogens (tertiary/aromatic N) is 1. The lowest BCUT2D eigenvalue weighted by atomic mass is 9.83. The molecule has 1 heterocycles. The van der Waals surface area contributed by atoms with Gasteiger partial charge in [0, 0.05) is 23.8 Å². The summed E-state index contributed by atoms with van der Waals surface area (Å²) in [4.78, 5) is 24.0. The second-order valence-corrected chi connectivity index (χ2v) is 5.30. The molecule has 0 fully saturated rings. The number of benzene rings is 1. The third kappa shape index (κ3) is 2.03. The summed E-state index contributed by atoms with van der Waals surface area (Å²) in [7, 11) is 1.90. The summed E-state index contributed by atoms with van der Waals surface area (Å²) in [5, 5.41) is 9.16. The summed E-state index contributed by atoms with van der Waals surface area (Å²) < 4.78 is 0. The van der Waals surface area contributed by atoms with Crippen LogP contribution < -0.4 is 4.90 Å². The van der Waals surface area contributed by atoms with E-state index < -0.39 is 5.78 Å². The smallest absolute Gasteiger partial charge is 0.228 e. The van der Waals surface area contributed by atoms with Crippen LogP contribution in [0.4, 0.5) is 5.69 Å². The van der Waals surface area contributed by atoms with E-state index in [4.69, 9.17) is 5.11 Å². The molecule has 0 aromatic heterocycles. The Morgan fingerprint density at radius 3 is 2.50 bits per heavy atom. The summed E-state index contributed by atoms with van der Waals surface area (Å²) in [5.41, 5.74) is 2.74. The molecule has 0 saturated heterocycles. The van der Waals surface area contributed by atoms with Gasteiger partial charge in [0.2, 0.25) is 5.78 Å². The summed E-state index contributed by atoms with van der Waals surface area (Å²) >= 11 is 0. The third-order valence-electron chi connectivity index (χ3n) is 3.76. The zero-order valence-electron chi connectivity index (χ0n) is 11.8. The van der Waals surface area contributed by atoms with Crippen LogP contribution in [0.2, 0.25) is 0 Å². The van der Waals surface area contributed by atoms with E-state index in [1.165, 1.54) is 0 Å². The fourth-order valence-corrected chi connectivity index (χ4v) is 2.65. The Balaban J connectivity index is 2.55. The van der Waals surface area contributed by atoms with Gasteiger partial charge in [0.25, 0.3) is 0 Å². The Morgan fingerprint density at radius 1 is 1.30 bits per heavy atom. The summed E-state index contributed by atoms with van der Waals surface area (Å²) in [5.74, 6) is -0.736. The zero-order chi connectivity index (χ0) is 14.9. The number of fused-ring (bicyclic) bond motifs is 1. The number of allylic oxidation sites excluding steroid dienone is 3. The van der Waals surface area contributed by atoms with E-state index in [9.17, 15) is 9.59 Å². The van der Waals surface area contributed by atoms with Crippen LogP contribution in [-0.4, -0.2) is 24.2 Å². The van der Waals surface area contributed by atoms with Crippen LogP contribution in [0.25, 0.3) is 0 Å². The number of hydrogen-bond donors (Lipinski definition) is 1. The Bertz CT molecular complexity index is 626. The molecule has 1 aromatic rings. The lowest BCUT2D eigenvalue weighted by molar-refractivity contribution is -0.127. The summed E-state index contributed by atoms with van der Waals surface area (Å²) in [6.45, 7) is 4.09. The highest BCUT2D eigenvalue weighted by Gasteiger charge is 2.38. The Hall–Kier alpha value is -2.36. The third-order valence-corrected chi connectivity index (χ3v) is 3.76. The van der Waals surface area contributed by atoms with Crippen LogP contribution in [0.15, 0.2) is 47.9 Å². The number of para-hydroxylation sites is 1. The molecule has 1 aliphatic heterocycles. The molecule has 0 amide bonds. The van der Waals surface area contributed by atoms with Crippen molar-refractivity contribution in [3.8, 4) is 0 Å². The number of carbonyl (C=O) groups excluding carboxylic acids is 2. The number of carbonyl (C=O) groups is 2. The highest BCUT2D eigenvalue weighted by molar-refractivity contribution is 6.34. The van der Waals surface area contributed by atoms with Gasteiger partial charge >= 0.3 is 0 Å². The maximum atomic E-state index is 11.5. The molecule has 4 nitrogen and oxygen atoms in total. The van der Waals surface area contributed by atoms with Crippen LogP contribution in [0, 0.1) is 0 Å². The first kappa shape index (κ1) is 14.1. The van der Waals surface area contributed by atoms with Crippen LogP contribution in [0.1, 0.15) is 19.4 Å². The molecule has 4 heteroatoms. The molecule has 0 bridgehead atoms. The molecule has 0 saturated carbocycles. The second-order valence-electron chi connectivity index (χ2n) is 5.30. The summed E-state index contributed by atoms with van der Waals surface area (Å²) in [6, 6.07) is 7.96. The highest BCUT2D eigenvalue weighted by atomic mass is 16.2. The van der Waals surface area contributed by atoms with E-state index in [2.05, 4.69) is 0 Å². The van der Waals surface area contributed by atoms with Crippen molar-refractivity contribution in [3.05, 3.63) is 53.4 Å². The van der Waals surface area contributed by atoms with Gasteiger partial charge in [-0.2, -0.15) is 0 Å². The van der Waals surface area contributed by atoms with Gasteiger partial charge in [-0.15, -0.1) is 0 Å². The van der Waals surface area contributed by atoms with Crippen molar-refractivity contribution in [1.82, 2.24) is 0 Å². The minimum absolute atomic E-state index is 0.0114. The average molecular weight is 271 g/mol. The Kier molecular flexibility index (Phi) is 3.49. The van der Waals surface area contributed by atoms with E-state index in [0.29, 0.717) is 6.26 Å². The topological polar surface area (TPSA) is 57.6 Å². The average Bonchev–Trinajstić information content (AvgIpc) is 2.64. The minimum atomic E-state index is -0.736. The number of hydrogen-bond acceptors (Lipinski definition) is 4. The molecular formula is C16H17NO3. The van der Waals surface area contributed by atoms with E-state index in [1.54, 1.807) is 6.08 Å². The molecule has 0 unspecified atom stereocenters. The van der Waals surface area contributed by atoms with Crippen LogP contribution in [-0.2, 0) is 15.0 Å². The fourth-order valence-electron chi connectivity index (χ4n) is 2.65. The van der Waals surface area contributed by atoms with Crippen molar-refractivity contribution in [2.75, 3.05) is 11.9 Å². The van der Waals surface area contributed by atoms with Gasteiger partial charge in [-0.3, -0.25) is 9.59 Å². The first-order valence-electron chi connectivity index (χ1n) is 6.32. The maximum absolute atomic E-state index is 11.5. The predicted molar refractivity (Wildman–Crippen MR) is 77.7 cm³/mol. The molecule has 20 heavy (non-hydrogen) atoms. The standard InChI is InChI=1S/C16H17NO3/c1-16(2)12-6-4-5-7-13(12)17(3)15(16)8-11(9-18)14(20)10-19/h4-10,18H,1-3H3/b11-9+,15-8+. The fraction of sp³-hybridized carbons (Fsp3) is 0.250. The van der Waals surface area contributed by atoms with Crippen molar-refractivity contribution >= 4 is 17.8 Å². The lowest BCUT2D eigenvalue weighted by Crippen LogP contribution is -2.23. The number of likely N-dealkylation sites (N-methyl/N-ethyl adjacent to an activating group) is 1. The monoisotopic (exact) mass is 271 g/mol. The van der Waals surface area contributed by atoms with Crippen molar-refractivity contribution < 1.29 is 14.7 Å². The minimum Gasteiger partial charge on any atom is -0.515 e. The molecule has 0 spiro atoms. The molecule has 104 valence electrons. The van der Waals surface area contributed by atoms with Gasteiger partial charge < -0.3 is 10.0 Å². The first-order chi connectivity index (χ1) is 9.43. The van der Waals surface area contributed by atoms with E-state index in [0.717, 1.165) is 16.9 Å². The number of anilines is 1. The molecule has 0 aliphatic carbocycles. The van der Waals surface area contributed by atoms with Crippen LogP contribution in [0.3, 0.4) is 0 Å². The zero-order valence-corrected chi connectivity index (χ0v) is 11.8. The van der Waals surface area contributed by atoms with Crippen molar-refractivity contribution in [2.24, 2.45) is 0 Å². The maximum Gasteiger partial charge on any atom is 0.228 e. The van der Waals surface area contributed by atoms with Crippen molar-refractivity contribution in [3.63, 3.8) is 0 Å². The largest absolute Gasteiger partial charge is 0.515 e. The summed E-state index contributed by atoms with van der Waals surface area (Å²) in [6.07, 6.45) is 2.45. The number of ketones is 1. The number of aldehydes is 1. The van der Waals surface area contributed by atoms with Crippen LogP contribution >= 0.6 is 0 Å². The van der Waals surface area contributed by atoms with Gasteiger partial charge in [0.05, 0.1) is 11.8 Å². The van der Waals surface area contributed by atoms with Gasteiger partial charge in [0.15, 0.2) is 6.29 Å². The lowest BCUT2D eigenvalue weighted by Gasteiger charge is -2.24. The number of aliphatic hydroxyl groups excluding tert-OH is 1. The first-order valence-corrected chi connectivity index (χ1v) is 6.32. The van der Waals surface area contributed by atoms with Gasteiger partial charge in [-0.25, -0.2) is 0 Å². The molecule has 2 rings (SSSR count). The van der Waals surface area contributed by atoms with E-state index in [-0.39, 0.29) is 17.3 Å². The van der Waals surface area contributed by atoms with E-state index in [1.807, 2.05) is 50.1 Å². The molecule has 1 aliphatic rings. The molecule has 0 radical (unpaired) electrons. The highest BCUT2D eigenvalue weighted by Crippen LogP contribution is 2.46. The SMILES string of the molecule is CN1/C(=C/C(=C\O)C(=O)C=O)C(C)(C)c2ccccc21. The van der Waals surface area contributed by atoms with Crippen molar-refractivity contribution in [2.45, 2.75) is 19.3 Å². The Morgan fingerprint density at radius 2 is 1.95 bits per heavy atom. The van der Waals surface area contributed by atoms with Gasteiger partial charge in [-0.1, -0.05) is 32.0 Å². The molecule has 1 aromatic carbocycles. The molecule has 1 N–H and O–H groups in total. The van der Waals surface area contributed by atoms with Crippen molar-refractivity contribution in [1.29, 1.82) is 0 Å². The van der Waals surface area contributed by atoms with Gasteiger partial charge in [-0.05, 0) is 17.7 Å². The number of aliphatic hydroxyl groups is 1. The molecular weight excluding hydrogens is 254 g/mol. The second kappa shape index (κ2) is 4.96. The predicted octanol–water partition coefficient (Wildman–Crippen LogP) is 2.51. The Labute approximate surface area is 118 Å². The van der Waals surface area contributed by atoms with Crippen LogP contribution in [0.5, 0.6) is 0 Å². The normalized spacial score (nSPS) is 19.1. The number of Topliss-reactive ketones (excluding diaryl/α,β-unsaturated/α-hetero) is 1. The number of rotatable bonds is 3. The molecule has 0 atom stereocenters. The quantitative estimate of drug-likeness (QED) is 0.397. The van der Waals surface area contributed by atoms with E-state index >= 15 is 0 Å². The van der Waals surface area contributed by atoms with Gasteiger partial charge in [0.1, 0.15) is 0 Å².